The van der Waals surface area contributed by atoms with Crippen LogP contribution in [0.15, 0.2) is 35.2 Å². The van der Waals surface area contributed by atoms with Crippen LogP contribution in [0.5, 0.6) is 0 Å². The van der Waals surface area contributed by atoms with Gasteiger partial charge in [-0.3, -0.25) is 9.59 Å². The summed E-state index contributed by atoms with van der Waals surface area (Å²) in [7, 11) is 2.68. The minimum Gasteiger partial charge on any atom is -0.468 e. The summed E-state index contributed by atoms with van der Waals surface area (Å²) < 4.78 is 10.00. The average molecular weight is 365 g/mol. The molecule has 0 spiro atoms. The summed E-state index contributed by atoms with van der Waals surface area (Å²) in [4.78, 5) is 26.3. The molecule has 2 unspecified atom stereocenters. The second-order valence-corrected chi connectivity index (χ2v) is 8.60. The minimum absolute atomic E-state index is 0.156. The van der Waals surface area contributed by atoms with Crippen molar-refractivity contribution >= 4 is 23.7 Å². The van der Waals surface area contributed by atoms with Gasteiger partial charge in [-0.1, -0.05) is 39.0 Å². The van der Waals surface area contributed by atoms with Gasteiger partial charge in [-0.15, -0.1) is 11.8 Å². The first kappa shape index (κ1) is 19.8. The molecule has 138 valence electrons. The molecule has 0 N–H and O–H groups in total. The van der Waals surface area contributed by atoms with Gasteiger partial charge in [-0.25, -0.2) is 0 Å². The van der Waals surface area contributed by atoms with Crippen LogP contribution in [-0.4, -0.2) is 31.9 Å². The van der Waals surface area contributed by atoms with Gasteiger partial charge in [0.2, 0.25) is 0 Å². The lowest BCUT2D eigenvalue weighted by atomic mass is 9.75. The first-order valence-electron chi connectivity index (χ1n) is 8.64. The number of hydrogen-bond acceptors (Lipinski definition) is 5. The van der Waals surface area contributed by atoms with E-state index < -0.39 is 17.4 Å². The van der Waals surface area contributed by atoms with Crippen LogP contribution in [0.4, 0.5) is 0 Å². The largest absolute Gasteiger partial charge is 0.468 e. The summed E-state index contributed by atoms with van der Waals surface area (Å²) in [5, 5.41) is 0. The first-order valence-corrected chi connectivity index (χ1v) is 9.62. The average Bonchev–Trinajstić information content (AvgIpc) is 2.95. The number of ether oxygens (including phenoxy) is 2. The maximum absolute atomic E-state index is 12.5. The lowest BCUT2D eigenvalue weighted by Gasteiger charge is -2.34. The molecule has 0 aromatic heterocycles. The number of esters is 2. The maximum Gasteiger partial charge on any atom is 0.323 e. The van der Waals surface area contributed by atoms with Crippen LogP contribution in [0.3, 0.4) is 0 Å². The molecule has 1 aliphatic rings. The van der Waals surface area contributed by atoms with Crippen molar-refractivity contribution < 1.29 is 19.1 Å². The molecule has 4 nitrogen and oxygen atoms in total. The number of rotatable bonds is 6. The summed E-state index contributed by atoms with van der Waals surface area (Å²) in [5.74, 6) is 0.492. The van der Waals surface area contributed by atoms with Crippen molar-refractivity contribution in [2.24, 2.45) is 22.7 Å². The van der Waals surface area contributed by atoms with E-state index in [-0.39, 0.29) is 11.3 Å². The van der Waals surface area contributed by atoms with Gasteiger partial charge in [0, 0.05) is 10.6 Å². The maximum atomic E-state index is 12.5. The zero-order valence-corrected chi connectivity index (χ0v) is 16.5. The van der Waals surface area contributed by atoms with Gasteiger partial charge in [0.05, 0.1) is 14.2 Å². The Bertz CT molecular complexity index is 597. The molecule has 1 aromatic rings. The Balaban J connectivity index is 2.31. The number of benzene rings is 1. The Morgan fingerprint density at radius 1 is 1.16 bits per heavy atom. The molecule has 1 aromatic carbocycles. The number of thioether (sulfide) groups is 1. The van der Waals surface area contributed by atoms with Crippen molar-refractivity contribution in [2.45, 2.75) is 38.5 Å². The van der Waals surface area contributed by atoms with Gasteiger partial charge in [-0.05, 0) is 42.2 Å². The van der Waals surface area contributed by atoms with Crippen molar-refractivity contribution in [1.29, 1.82) is 0 Å². The van der Waals surface area contributed by atoms with Crippen LogP contribution in [0, 0.1) is 22.7 Å². The molecule has 0 saturated heterocycles. The molecule has 0 bridgehead atoms. The number of carbonyl (C=O) groups is 2. The Kier molecular flexibility index (Phi) is 6.20. The molecule has 25 heavy (non-hydrogen) atoms. The van der Waals surface area contributed by atoms with Crippen LogP contribution in [0.25, 0.3) is 0 Å². The Labute approximate surface area is 154 Å². The van der Waals surface area contributed by atoms with E-state index in [0.717, 1.165) is 5.75 Å². The molecule has 5 heteroatoms. The van der Waals surface area contributed by atoms with Crippen LogP contribution < -0.4 is 0 Å². The summed E-state index contributed by atoms with van der Waals surface area (Å²) in [6.45, 7) is 6.49. The fraction of sp³-hybridized carbons (Fsp3) is 0.600. The Morgan fingerprint density at radius 3 is 2.20 bits per heavy atom. The van der Waals surface area contributed by atoms with Crippen molar-refractivity contribution in [3.8, 4) is 0 Å². The highest BCUT2D eigenvalue weighted by Gasteiger charge is 2.61. The second-order valence-electron chi connectivity index (χ2n) is 7.55. The number of carbonyl (C=O) groups excluding carboxylic acids is 2. The third-order valence-electron chi connectivity index (χ3n) is 5.44. The zero-order valence-electron chi connectivity index (χ0n) is 15.7. The third-order valence-corrected chi connectivity index (χ3v) is 6.85. The van der Waals surface area contributed by atoms with E-state index >= 15 is 0 Å². The monoisotopic (exact) mass is 364 g/mol. The number of methoxy groups -OCH3 is 2. The van der Waals surface area contributed by atoms with Crippen molar-refractivity contribution in [3.63, 3.8) is 0 Å². The van der Waals surface area contributed by atoms with Gasteiger partial charge < -0.3 is 9.47 Å². The van der Waals surface area contributed by atoms with Gasteiger partial charge in [0.15, 0.2) is 5.41 Å². The van der Waals surface area contributed by atoms with Crippen LogP contribution in [-0.2, 0) is 19.1 Å². The minimum atomic E-state index is -1.19. The summed E-state index contributed by atoms with van der Waals surface area (Å²) >= 11 is 1.77. The lowest BCUT2D eigenvalue weighted by Crippen LogP contribution is -2.40. The summed E-state index contributed by atoms with van der Waals surface area (Å²) in [6, 6.07) is 10.2. The Hall–Kier alpha value is -1.49. The molecule has 0 aliphatic heterocycles. The van der Waals surface area contributed by atoms with E-state index in [1.54, 1.807) is 11.8 Å². The van der Waals surface area contributed by atoms with Crippen LogP contribution in [0.1, 0.15) is 33.6 Å². The standard InChI is InChI=1S/C20H28O4S/c1-14(2)16-11-20(17(21)23-4,18(22)24-5)12-19(16,3)13-25-15-9-7-6-8-10-15/h6-10,14,16H,11-13H2,1-5H3. The lowest BCUT2D eigenvalue weighted by molar-refractivity contribution is -0.169. The van der Waals surface area contributed by atoms with Crippen molar-refractivity contribution in [1.82, 2.24) is 0 Å². The fourth-order valence-electron chi connectivity index (χ4n) is 4.26. The quantitative estimate of drug-likeness (QED) is 0.430. The summed E-state index contributed by atoms with van der Waals surface area (Å²) in [5.41, 5.74) is -1.35. The summed E-state index contributed by atoms with van der Waals surface area (Å²) in [6.07, 6.45) is 0.942. The normalized spacial score (nSPS) is 25.0. The van der Waals surface area contributed by atoms with Crippen LogP contribution >= 0.6 is 11.8 Å². The van der Waals surface area contributed by atoms with Gasteiger partial charge in [0.25, 0.3) is 0 Å². The first-order chi connectivity index (χ1) is 11.8. The molecular formula is C20H28O4S. The molecular weight excluding hydrogens is 336 g/mol. The molecule has 2 atom stereocenters. The molecule has 0 radical (unpaired) electrons. The van der Waals surface area contributed by atoms with E-state index in [2.05, 4.69) is 32.9 Å². The topological polar surface area (TPSA) is 52.6 Å². The molecule has 0 heterocycles. The Morgan fingerprint density at radius 2 is 1.72 bits per heavy atom. The second kappa shape index (κ2) is 7.81. The highest BCUT2D eigenvalue weighted by Crippen LogP contribution is 2.58. The molecule has 1 saturated carbocycles. The van der Waals surface area contributed by atoms with Gasteiger partial charge >= 0.3 is 11.9 Å². The van der Waals surface area contributed by atoms with E-state index in [1.165, 1.54) is 19.1 Å². The smallest absolute Gasteiger partial charge is 0.323 e. The predicted molar refractivity (Wildman–Crippen MR) is 99.3 cm³/mol. The molecule has 0 amide bonds. The SMILES string of the molecule is COC(=O)C1(C(=O)OC)CC(C(C)C)C(C)(CSc2ccccc2)C1. The molecule has 1 fully saturated rings. The number of hydrogen-bond donors (Lipinski definition) is 0. The van der Waals surface area contributed by atoms with Crippen molar-refractivity contribution in [3.05, 3.63) is 30.3 Å². The van der Waals surface area contributed by atoms with E-state index in [0.29, 0.717) is 18.8 Å². The van der Waals surface area contributed by atoms with Gasteiger partial charge in [-0.2, -0.15) is 0 Å². The molecule has 1 aliphatic carbocycles. The van der Waals surface area contributed by atoms with E-state index in [9.17, 15) is 9.59 Å². The van der Waals surface area contributed by atoms with E-state index in [1.807, 2.05) is 18.2 Å². The third kappa shape index (κ3) is 3.86. The zero-order chi connectivity index (χ0) is 18.7. The fourth-order valence-corrected chi connectivity index (χ4v) is 5.43. The highest BCUT2D eigenvalue weighted by atomic mass is 32.2. The highest BCUT2D eigenvalue weighted by molar-refractivity contribution is 7.99. The van der Waals surface area contributed by atoms with E-state index in [4.69, 9.17) is 9.47 Å². The molecule has 2 rings (SSSR count). The van der Waals surface area contributed by atoms with Crippen LogP contribution in [0.2, 0.25) is 0 Å². The predicted octanol–water partition coefficient (Wildman–Crippen LogP) is 4.18. The van der Waals surface area contributed by atoms with Crippen molar-refractivity contribution in [2.75, 3.05) is 20.0 Å². The van der Waals surface area contributed by atoms with Gasteiger partial charge in [0.1, 0.15) is 0 Å².